The highest BCUT2D eigenvalue weighted by atomic mass is 32.2. The maximum Gasteiger partial charge on any atom is 0.265 e. The predicted molar refractivity (Wildman–Crippen MR) is 171 cm³/mol. The van der Waals surface area contributed by atoms with Crippen molar-refractivity contribution in [3.8, 4) is 0 Å². The number of carbonyl (C=O) groups is 2. The summed E-state index contributed by atoms with van der Waals surface area (Å²) in [6.45, 7) is 5.08. The fourth-order valence-corrected chi connectivity index (χ4v) is 7.50. The third-order valence-electron chi connectivity index (χ3n) is 8.14. The van der Waals surface area contributed by atoms with Gasteiger partial charge in [-0.1, -0.05) is 92.2 Å². The van der Waals surface area contributed by atoms with Crippen LogP contribution in [0.5, 0.6) is 0 Å². The van der Waals surface area contributed by atoms with E-state index >= 15 is 0 Å². The second-order valence-electron chi connectivity index (χ2n) is 11.1. The number of anilines is 1. The highest BCUT2D eigenvalue weighted by molar-refractivity contribution is 7.93. The van der Waals surface area contributed by atoms with Gasteiger partial charge >= 0.3 is 0 Å². The van der Waals surface area contributed by atoms with Crippen LogP contribution < -0.4 is 9.62 Å². The van der Waals surface area contributed by atoms with Crippen molar-refractivity contribution in [2.24, 2.45) is 0 Å². The maximum atomic E-state index is 14.0. The van der Waals surface area contributed by atoms with Crippen LogP contribution in [0.25, 0.3) is 10.8 Å². The van der Waals surface area contributed by atoms with Crippen molar-refractivity contribution in [3.05, 3.63) is 108 Å². The number of sulfonamides is 1. The first-order valence-electron chi connectivity index (χ1n) is 15.0. The molecule has 1 heterocycles. The van der Waals surface area contributed by atoms with Crippen LogP contribution in [0.4, 0.5) is 5.69 Å². The molecular weight excluding hydrogens is 558 g/mol. The molecule has 0 radical (unpaired) electrons. The van der Waals surface area contributed by atoms with Gasteiger partial charge in [0.25, 0.3) is 10.0 Å². The van der Waals surface area contributed by atoms with E-state index in [0.717, 1.165) is 40.3 Å². The van der Waals surface area contributed by atoms with Crippen molar-refractivity contribution >= 4 is 38.3 Å². The molecule has 1 aliphatic rings. The van der Waals surface area contributed by atoms with E-state index in [-0.39, 0.29) is 31.3 Å². The molecule has 4 aromatic rings. The predicted octanol–water partition coefficient (Wildman–Crippen LogP) is 5.99. The van der Waals surface area contributed by atoms with Crippen LogP contribution in [0.15, 0.2) is 95.9 Å². The highest BCUT2D eigenvalue weighted by Gasteiger charge is 2.36. The van der Waals surface area contributed by atoms with E-state index in [2.05, 4.69) is 12.2 Å². The summed E-state index contributed by atoms with van der Waals surface area (Å²) in [7, 11) is -3.71. The number of hydrogen-bond acceptors (Lipinski definition) is 4. The molecule has 0 fully saturated rings. The molecule has 0 aliphatic carbocycles. The number of carbonyl (C=O) groups excluding carboxylic acids is 2. The van der Waals surface area contributed by atoms with Crippen LogP contribution in [0, 0.1) is 6.92 Å². The van der Waals surface area contributed by atoms with E-state index in [1.54, 1.807) is 17.0 Å². The smallest absolute Gasteiger partial charge is 0.265 e. The Morgan fingerprint density at radius 2 is 1.60 bits per heavy atom. The Balaban J connectivity index is 1.39. The van der Waals surface area contributed by atoms with Crippen molar-refractivity contribution in [1.82, 2.24) is 10.2 Å². The molecule has 5 rings (SSSR count). The molecule has 0 spiro atoms. The summed E-state index contributed by atoms with van der Waals surface area (Å²) < 4.78 is 28.3. The summed E-state index contributed by atoms with van der Waals surface area (Å²) in [6, 6.07) is 27.8. The largest absolute Gasteiger partial charge is 0.354 e. The lowest BCUT2D eigenvalue weighted by Gasteiger charge is -2.32. The van der Waals surface area contributed by atoms with Crippen molar-refractivity contribution in [3.63, 3.8) is 0 Å². The van der Waals surface area contributed by atoms with Crippen LogP contribution in [0.2, 0.25) is 0 Å². The van der Waals surface area contributed by atoms with Crippen LogP contribution in [-0.4, -0.2) is 44.3 Å². The Labute approximate surface area is 254 Å². The van der Waals surface area contributed by atoms with E-state index in [1.165, 1.54) is 4.31 Å². The molecule has 1 atom stereocenters. The molecule has 1 N–H and O–H groups in total. The normalized spacial score (nSPS) is 14.0. The fraction of sp³-hybridized carbons (Fsp3) is 0.314. The SMILES string of the molecule is CCCCNC(=O)[C@@H](Cc1ccccc1)N(Cc1ccccc1C)C(=O)CCCN1c2cccc3cccc(c23)S1(=O)=O. The number of nitrogens with one attached hydrogen (secondary N) is 1. The molecule has 4 aromatic carbocycles. The minimum absolute atomic E-state index is 0.109. The first-order valence-corrected chi connectivity index (χ1v) is 16.5. The second-order valence-corrected chi connectivity index (χ2v) is 12.9. The van der Waals surface area contributed by atoms with Gasteiger partial charge in [0, 0.05) is 37.9 Å². The van der Waals surface area contributed by atoms with E-state index in [4.69, 9.17) is 0 Å². The Bertz CT molecular complexity index is 1700. The molecule has 7 nitrogen and oxygen atoms in total. The van der Waals surface area contributed by atoms with Gasteiger partial charge in [0.2, 0.25) is 11.8 Å². The van der Waals surface area contributed by atoms with Crippen LogP contribution in [0.3, 0.4) is 0 Å². The van der Waals surface area contributed by atoms with Gasteiger partial charge in [0.05, 0.1) is 10.6 Å². The Morgan fingerprint density at radius 1 is 0.884 bits per heavy atom. The van der Waals surface area contributed by atoms with Gasteiger partial charge in [-0.05, 0) is 54.0 Å². The van der Waals surface area contributed by atoms with Crippen molar-refractivity contribution in [1.29, 1.82) is 0 Å². The molecule has 1 aliphatic heterocycles. The monoisotopic (exact) mass is 597 g/mol. The van der Waals surface area contributed by atoms with Gasteiger partial charge in [-0.25, -0.2) is 8.42 Å². The number of benzene rings is 4. The zero-order chi connectivity index (χ0) is 30.4. The molecule has 224 valence electrons. The molecule has 0 saturated heterocycles. The van der Waals surface area contributed by atoms with E-state index < -0.39 is 16.1 Å². The van der Waals surface area contributed by atoms with Gasteiger partial charge in [-0.2, -0.15) is 0 Å². The number of aryl methyl sites for hydroxylation is 1. The minimum Gasteiger partial charge on any atom is -0.354 e. The Kier molecular flexibility index (Phi) is 9.46. The van der Waals surface area contributed by atoms with Crippen molar-refractivity contribution < 1.29 is 18.0 Å². The lowest BCUT2D eigenvalue weighted by atomic mass is 10.0. The number of amides is 2. The third-order valence-corrected chi connectivity index (χ3v) is 9.99. The molecule has 0 saturated carbocycles. The molecule has 0 aromatic heterocycles. The molecule has 8 heteroatoms. The van der Waals surface area contributed by atoms with Gasteiger partial charge in [0.15, 0.2) is 0 Å². The number of rotatable bonds is 13. The second kappa shape index (κ2) is 13.4. The summed E-state index contributed by atoms with van der Waals surface area (Å²) >= 11 is 0. The van der Waals surface area contributed by atoms with Gasteiger partial charge in [-0.3, -0.25) is 13.9 Å². The quantitative estimate of drug-likeness (QED) is 0.192. The van der Waals surface area contributed by atoms with Gasteiger partial charge in [-0.15, -0.1) is 0 Å². The summed E-state index contributed by atoms with van der Waals surface area (Å²) in [5.74, 6) is -0.356. The summed E-state index contributed by atoms with van der Waals surface area (Å²) in [6.07, 6.45) is 2.62. The first kappa shape index (κ1) is 30.3. The van der Waals surface area contributed by atoms with E-state index in [1.807, 2.05) is 85.8 Å². The van der Waals surface area contributed by atoms with Gasteiger partial charge in [0.1, 0.15) is 6.04 Å². The Hall–Kier alpha value is -4.17. The molecule has 43 heavy (non-hydrogen) atoms. The average molecular weight is 598 g/mol. The van der Waals surface area contributed by atoms with Crippen LogP contribution >= 0.6 is 0 Å². The maximum absolute atomic E-state index is 14.0. The third kappa shape index (κ3) is 6.59. The van der Waals surface area contributed by atoms with Crippen molar-refractivity contribution in [2.75, 3.05) is 17.4 Å². The summed E-state index contributed by atoms with van der Waals surface area (Å²) in [5.41, 5.74) is 3.63. The molecular formula is C35H39N3O4S. The van der Waals surface area contributed by atoms with Crippen molar-refractivity contribution in [2.45, 2.75) is 63.4 Å². The first-order chi connectivity index (χ1) is 20.8. The van der Waals surface area contributed by atoms with Crippen LogP contribution in [0.1, 0.15) is 49.3 Å². The zero-order valence-electron chi connectivity index (χ0n) is 24.8. The lowest BCUT2D eigenvalue weighted by Crippen LogP contribution is -2.50. The fourth-order valence-electron chi connectivity index (χ4n) is 5.75. The summed E-state index contributed by atoms with van der Waals surface area (Å²) in [5, 5.41) is 4.65. The topological polar surface area (TPSA) is 86.8 Å². The minimum atomic E-state index is -3.71. The Morgan fingerprint density at radius 3 is 2.35 bits per heavy atom. The molecule has 0 unspecified atom stereocenters. The zero-order valence-corrected chi connectivity index (χ0v) is 25.6. The number of unbranched alkanes of at least 4 members (excludes halogenated alkanes) is 1. The average Bonchev–Trinajstić information content (AvgIpc) is 3.23. The van der Waals surface area contributed by atoms with Crippen LogP contribution in [-0.2, 0) is 32.6 Å². The molecule has 0 bridgehead atoms. The summed E-state index contributed by atoms with van der Waals surface area (Å²) in [4.78, 5) is 29.7. The van der Waals surface area contributed by atoms with Gasteiger partial charge < -0.3 is 10.2 Å². The number of hydrogen-bond donors (Lipinski definition) is 1. The standard InChI is InChI=1S/C35H39N3O4S/c1-3-4-22-36-35(40)31(24-27-14-6-5-7-15-27)37(25-29-16-9-8-13-26(29)2)33(39)21-12-23-38-30-19-10-17-28-18-11-20-32(34(28)30)43(38,41)42/h5-11,13-20,31H,3-4,12,21-25H2,1-2H3,(H,36,40)/t31-/m1/s1. The highest BCUT2D eigenvalue weighted by Crippen LogP contribution is 2.42. The van der Waals surface area contributed by atoms with E-state index in [9.17, 15) is 18.0 Å². The lowest BCUT2D eigenvalue weighted by molar-refractivity contribution is -0.141. The molecule has 2 amide bonds. The number of nitrogens with zero attached hydrogens (tertiary/aromatic N) is 2. The van der Waals surface area contributed by atoms with E-state index in [0.29, 0.717) is 30.0 Å².